The molecule has 2 heterocycles. The lowest BCUT2D eigenvalue weighted by molar-refractivity contribution is -0.134. The minimum absolute atomic E-state index is 0.254. The highest BCUT2D eigenvalue weighted by Gasteiger charge is 2.49. The number of urea groups is 1. The fraction of sp³-hybridized carbons (Fsp3) is 0.609. The van der Waals surface area contributed by atoms with Gasteiger partial charge in [0.2, 0.25) is 5.91 Å². The first-order valence-electron chi connectivity index (χ1n) is 11.0. The van der Waals surface area contributed by atoms with Gasteiger partial charge in [0.15, 0.2) is 0 Å². The smallest absolute Gasteiger partial charge is 0.325 e. The number of hydrogen-bond acceptors (Lipinski definition) is 4. The summed E-state index contributed by atoms with van der Waals surface area (Å²) in [5, 5.41) is 5.58. The van der Waals surface area contributed by atoms with Gasteiger partial charge < -0.3 is 15.5 Å². The van der Waals surface area contributed by atoms with Crippen molar-refractivity contribution in [1.29, 1.82) is 0 Å². The van der Waals surface area contributed by atoms with Crippen molar-refractivity contribution >= 4 is 17.8 Å². The molecule has 0 bridgehead atoms. The van der Waals surface area contributed by atoms with Gasteiger partial charge in [0.1, 0.15) is 12.1 Å². The summed E-state index contributed by atoms with van der Waals surface area (Å²) >= 11 is 0. The summed E-state index contributed by atoms with van der Waals surface area (Å²) in [5.41, 5.74) is 0.642. The Bertz CT molecular complexity index is 771. The van der Waals surface area contributed by atoms with Gasteiger partial charge in [-0.05, 0) is 70.6 Å². The Morgan fingerprint density at radius 1 is 1.17 bits per heavy atom. The van der Waals surface area contributed by atoms with Gasteiger partial charge in [0, 0.05) is 6.54 Å². The molecule has 3 rings (SSSR count). The van der Waals surface area contributed by atoms with Crippen LogP contribution in [0.25, 0.3) is 0 Å². The van der Waals surface area contributed by atoms with E-state index in [1.165, 1.54) is 25.9 Å². The minimum Gasteiger partial charge on any atom is -0.355 e. The zero-order chi connectivity index (χ0) is 21.7. The van der Waals surface area contributed by atoms with Crippen molar-refractivity contribution in [3.8, 4) is 0 Å². The molecule has 0 radical (unpaired) electrons. The van der Waals surface area contributed by atoms with Crippen molar-refractivity contribution in [2.75, 3.05) is 32.7 Å². The first-order valence-corrected chi connectivity index (χ1v) is 11.0. The molecule has 0 spiro atoms. The molecule has 7 nitrogen and oxygen atoms in total. The summed E-state index contributed by atoms with van der Waals surface area (Å²) in [6, 6.07) is 6.94. The number of amides is 4. The molecule has 1 unspecified atom stereocenters. The number of piperidine rings is 1. The van der Waals surface area contributed by atoms with Crippen molar-refractivity contribution < 1.29 is 14.4 Å². The summed E-state index contributed by atoms with van der Waals surface area (Å²) in [6.45, 7) is 9.64. The van der Waals surface area contributed by atoms with Crippen molar-refractivity contribution in [2.45, 2.75) is 52.0 Å². The fourth-order valence-corrected chi connectivity index (χ4v) is 4.10. The van der Waals surface area contributed by atoms with Gasteiger partial charge in [-0.3, -0.25) is 14.5 Å². The van der Waals surface area contributed by atoms with Crippen LogP contribution < -0.4 is 10.6 Å². The molecule has 30 heavy (non-hydrogen) atoms. The van der Waals surface area contributed by atoms with Crippen LogP contribution in [0.15, 0.2) is 24.3 Å². The van der Waals surface area contributed by atoms with Crippen LogP contribution in [0.2, 0.25) is 0 Å². The number of hydrogen-bond donors (Lipinski definition) is 2. The number of rotatable bonds is 8. The highest BCUT2D eigenvalue weighted by atomic mass is 16.2. The number of unbranched alkanes of at least 4 members (excludes halogenated alkanes) is 1. The predicted octanol–water partition coefficient (Wildman–Crippen LogP) is 2.39. The van der Waals surface area contributed by atoms with Gasteiger partial charge in [0.05, 0.1) is 0 Å². The van der Waals surface area contributed by atoms with E-state index in [0.717, 1.165) is 35.8 Å². The van der Waals surface area contributed by atoms with Crippen LogP contribution in [0.1, 0.15) is 50.7 Å². The molecule has 164 valence electrons. The Morgan fingerprint density at radius 2 is 1.83 bits per heavy atom. The van der Waals surface area contributed by atoms with Crippen LogP contribution in [0.4, 0.5) is 4.79 Å². The number of nitrogens with zero attached hydrogens (tertiary/aromatic N) is 2. The normalized spacial score (nSPS) is 23.0. The van der Waals surface area contributed by atoms with E-state index in [1.807, 2.05) is 31.2 Å². The molecule has 4 amide bonds. The lowest BCUT2D eigenvalue weighted by Crippen LogP contribution is -2.43. The van der Waals surface area contributed by atoms with Crippen LogP contribution in [0, 0.1) is 12.8 Å². The molecule has 1 atom stereocenters. The van der Waals surface area contributed by atoms with E-state index in [9.17, 15) is 14.4 Å². The minimum atomic E-state index is -1.14. The number of nitrogens with one attached hydrogen (secondary N) is 2. The molecule has 2 aliphatic heterocycles. The molecule has 0 aromatic heterocycles. The van der Waals surface area contributed by atoms with E-state index >= 15 is 0 Å². The van der Waals surface area contributed by atoms with Crippen molar-refractivity contribution in [2.24, 2.45) is 5.92 Å². The average Bonchev–Trinajstić information content (AvgIpc) is 2.93. The monoisotopic (exact) mass is 414 g/mol. The zero-order valence-electron chi connectivity index (χ0n) is 18.4. The van der Waals surface area contributed by atoms with Crippen LogP contribution in [-0.4, -0.2) is 60.4 Å². The maximum absolute atomic E-state index is 12.9. The summed E-state index contributed by atoms with van der Waals surface area (Å²) in [4.78, 5) is 41.0. The Kier molecular flexibility index (Phi) is 7.13. The maximum atomic E-state index is 12.9. The van der Waals surface area contributed by atoms with Crippen LogP contribution in [-0.2, 0) is 15.1 Å². The predicted molar refractivity (Wildman–Crippen MR) is 116 cm³/mol. The van der Waals surface area contributed by atoms with E-state index in [2.05, 4.69) is 22.5 Å². The van der Waals surface area contributed by atoms with Gasteiger partial charge in [-0.15, -0.1) is 0 Å². The van der Waals surface area contributed by atoms with Gasteiger partial charge in [-0.2, -0.15) is 0 Å². The molecule has 0 aliphatic carbocycles. The van der Waals surface area contributed by atoms with Gasteiger partial charge in [-0.1, -0.05) is 36.8 Å². The third kappa shape index (κ3) is 5.19. The molecule has 7 heteroatoms. The number of aryl methyl sites for hydroxylation is 1. The van der Waals surface area contributed by atoms with Gasteiger partial charge in [0.25, 0.3) is 5.91 Å². The Hall–Kier alpha value is -2.41. The Morgan fingerprint density at radius 3 is 2.50 bits per heavy atom. The molecule has 2 aliphatic rings. The third-order valence-corrected chi connectivity index (χ3v) is 6.31. The average molecular weight is 415 g/mol. The van der Waals surface area contributed by atoms with Crippen molar-refractivity contribution in [1.82, 2.24) is 20.4 Å². The first-order chi connectivity index (χ1) is 14.3. The highest BCUT2D eigenvalue weighted by molar-refractivity contribution is 6.09. The van der Waals surface area contributed by atoms with Crippen molar-refractivity contribution in [3.63, 3.8) is 0 Å². The zero-order valence-corrected chi connectivity index (χ0v) is 18.4. The largest absolute Gasteiger partial charge is 0.355 e. The summed E-state index contributed by atoms with van der Waals surface area (Å²) in [5.74, 6) is 0.128. The summed E-state index contributed by atoms with van der Waals surface area (Å²) < 4.78 is 0. The summed E-state index contributed by atoms with van der Waals surface area (Å²) in [7, 11) is 0. The van der Waals surface area contributed by atoms with Crippen molar-refractivity contribution in [3.05, 3.63) is 35.4 Å². The SMILES string of the molecule is Cc1ccc(C2(C)NC(=O)N(CC(=O)NCCCCN3CCC(C)CC3)C2=O)cc1. The Labute approximate surface area is 179 Å². The van der Waals surface area contributed by atoms with E-state index in [4.69, 9.17) is 0 Å². The molecular formula is C23H34N4O3. The molecule has 1 aromatic carbocycles. The van der Waals surface area contributed by atoms with Crippen LogP contribution in [0.3, 0.4) is 0 Å². The standard InChI is InChI=1S/C23H34N4O3/c1-17-6-8-19(9-7-17)23(3)21(29)27(22(30)25-23)16-20(28)24-12-4-5-13-26-14-10-18(2)11-15-26/h6-9,18H,4-5,10-16H2,1-3H3,(H,24,28)(H,25,30). The number of benzene rings is 1. The fourth-order valence-electron chi connectivity index (χ4n) is 4.10. The van der Waals surface area contributed by atoms with E-state index in [-0.39, 0.29) is 12.5 Å². The molecule has 1 aromatic rings. The molecule has 0 saturated carbocycles. The topological polar surface area (TPSA) is 81.8 Å². The number of carbonyl (C=O) groups is 3. The maximum Gasteiger partial charge on any atom is 0.325 e. The highest BCUT2D eigenvalue weighted by Crippen LogP contribution is 2.28. The second-order valence-corrected chi connectivity index (χ2v) is 8.89. The first kappa shape index (κ1) is 22.3. The molecular weight excluding hydrogens is 380 g/mol. The van der Waals surface area contributed by atoms with Crippen LogP contribution >= 0.6 is 0 Å². The number of carbonyl (C=O) groups excluding carboxylic acids is 3. The molecule has 2 N–H and O–H groups in total. The quantitative estimate of drug-likeness (QED) is 0.506. The second kappa shape index (κ2) is 9.60. The van der Waals surface area contributed by atoms with Gasteiger partial charge in [-0.25, -0.2) is 4.79 Å². The van der Waals surface area contributed by atoms with E-state index < -0.39 is 17.5 Å². The van der Waals surface area contributed by atoms with Crippen LogP contribution in [0.5, 0.6) is 0 Å². The second-order valence-electron chi connectivity index (χ2n) is 8.89. The number of likely N-dealkylation sites (tertiary alicyclic amines) is 1. The summed E-state index contributed by atoms with van der Waals surface area (Å²) in [6.07, 6.45) is 4.46. The molecule has 2 fully saturated rings. The lowest BCUT2D eigenvalue weighted by atomic mass is 9.91. The number of imide groups is 1. The van der Waals surface area contributed by atoms with E-state index in [0.29, 0.717) is 12.1 Å². The third-order valence-electron chi connectivity index (χ3n) is 6.31. The van der Waals surface area contributed by atoms with E-state index in [1.54, 1.807) is 6.92 Å². The lowest BCUT2D eigenvalue weighted by Gasteiger charge is -2.30. The van der Waals surface area contributed by atoms with Gasteiger partial charge >= 0.3 is 6.03 Å². The Balaban J connectivity index is 1.42. The molecule has 2 saturated heterocycles.